The number of ether oxygens (including phenoxy) is 5. The van der Waals surface area contributed by atoms with E-state index in [9.17, 15) is 0 Å². The van der Waals surface area contributed by atoms with Crippen LogP contribution in [0.4, 0.5) is 8.78 Å². The number of hydrogen-bond acceptors (Lipinski definition) is 5. The average Bonchev–Trinajstić information content (AvgIpc) is 3.14. The third kappa shape index (κ3) is 10.1. The maximum absolute atomic E-state index is 15.1. The van der Waals surface area contributed by atoms with Gasteiger partial charge in [-0.2, -0.15) is 0 Å². The van der Waals surface area contributed by atoms with Gasteiger partial charge in [0.25, 0.3) is 0 Å². The first kappa shape index (κ1) is 36.9. The molecule has 4 fully saturated rings. The highest BCUT2D eigenvalue weighted by molar-refractivity contribution is 5.29. The summed E-state index contributed by atoms with van der Waals surface area (Å²) in [6.45, 7) is 8.50. The van der Waals surface area contributed by atoms with E-state index in [1.54, 1.807) is 12.1 Å². The van der Waals surface area contributed by atoms with Crippen molar-refractivity contribution in [2.45, 2.75) is 128 Å². The summed E-state index contributed by atoms with van der Waals surface area (Å²) in [5.41, 5.74) is 3.54. The van der Waals surface area contributed by atoms with Gasteiger partial charge in [-0.3, -0.25) is 0 Å². The first-order valence-electron chi connectivity index (χ1n) is 19.6. The van der Waals surface area contributed by atoms with Crippen molar-refractivity contribution < 1.29 is 32.5 Å². The molecule has 0 aromatic heterocycles. The average molecular weight is 683 g/mol. The van der Waals surface area contributed by atoms with Crippen LogP contribution >= 0.6 is 0 Å². The van der Waals surface area contributed by atoms with E-state index >= 15 is 8.78 Å². The molecule has 5 nitrogen and oxygen atoms in total. The van der Waals surface area contributed by atoms with Crippen molar-refractivity contribution in [3.63, 3.8) is 0 Å². The van der Waals surface area contributed by atoms with Crippen LogP contribution in [0, 0.1) is 35.3 Å². The lowest BCUT2D eigenvalue weighted by atomic mass is 9.78. The Morgan fingerprint density at radius 2 is 0.959 bits per heavy atom. The lowest BCUT2D eigenvalue weighted by Gasteiger charge is -2.37. The zero-order chi connectivity index (χ0) is 34.0. The van der Waals surface area contributed by atoms with Crippen molar-refractivity contribution in [2.24, 2.45) is 23.7 Å². The maximum Gasteiger partial charge on any atom is 0.160 e. The molecule has 0 bridgehead atoms. The molecule has 2 saturated heterocycles. The third-order valence-corrected chi connectivity index (χ3v) is 11.8. The molecule has 4 aliphatic rings. The van der Waals surface area contributed by atoms with Gasteiger partial charge < -0.3 is 23.7 Å². The number of halogens is 2. The molecule has 0 spiro atoms. The highest BCUT2D eigenvalue weighted by atomic mass is 19.1. The lowest BCUT2D eigenvalue weighted by Crippen LogP contribution is -2.38. The molecule has 0 unspecified atom stereocenters. The molecule has 2 saturated carbocycles. The predicted molar refractivity (Wildman–Crippen MR) is 189 cm³/mol. The molecule has 2 heterocycles. The van der Waals surface area contributed by atoms with Crippen molar-refractivity contribution in [3.05, 3.63) is 70.3 Å². The smallest absolute Gasteiger partial charge is 0.160 e. The van der Waals surface area contributed by atoms with Crippen LogP contribution in [0.5, 0.6) is 0 Å². The van der Waals surface area contributed by atoms with Gasteiger partial charge in [-0.25, -0.2) is 8.78 Å². The summed E-state index contributed by atoms with van der Waals surface area (Å²) in [6, 6.07) is 11.5. The van der Waals surface area contributed by atoms with E-state index < -0.39 is 0 Å². The second-order valence-electron chi connectivity index (χ2n) is 15.4. The molecule has 2 aromatic carbocycles. The van der Waals surface area contributed by atoms with E-state index in [0.717, 1.165) is 102 Å². The quantitative estimate of drug-likeness (QED) is 0.186. The normalized spacial score (nSPS) is 31.1. The van der Waals surface area contributed by atoms with Crippen molar-refractivity contribution in [3.8, 4) is 0 Å². The Kier molecular flexibility index (Phi) is 14.0. The molecule has 2 aliphatic carbocycles. The number of rotatable bonds is 14. The Labute approximate surface area is 293 Å². The number of hydrogen-bond donors (Lipinski definition) is 0. The molecule has 2 aliphatic heterocycles. The van der Waals surface area contributed by atoms with Crippen molar-refractivity contribution >= 4 is 0 Å². The van der Waals surface area contributed by atoms with Crippen LogP contribution < -0.4 is 0 Å². The van der Waals surface area contributed by atoms with E-state index in [4.69, 9.17) is 23.7 Å². The second-order valence-corrected chi connectivity index (χ2v) is 15.4. The Morgan fingerprint density at radius 1 is 0.571 bits per heavy atom. The summed E-state index contributed by atoms with van der Waals surface area (Å²) in [4.78, 5) is 0. The Balaban J connectivity index is 0.870. The summed E-state index contributed by atoms with van der Waals surface area (Å²) in [5, 5.41) is 0. The summed E-state index contributed by atoms with van der Waals surface area (Å²) in [5.74, 6) is 2.39. The van der Waals surface area contributed by atoms with Gasteiger partial charge in [-0.15, -0.1) is 0 Å². The Hall–Kier alpha value is -1.90. The molecule has 49 heavy (non-hydrogen) atoms. The van der Waals surface area contributed by atoms with E-state index in [-0.39, 0.29) is 24.2 Å². The van der Waals surface area contributed by atoms with Crippen LogP contribution in [-0.2, 0) is 36.5 Å². The largest absolute Gasteiger partial charge is 0.381 e. The highest BCUT2D eigenvalue weighted by Gasteiger charge is 2.34. The zero-order valence-electron chi connectivity index (χ0n) is 30.0. The molecule has 7 heteroatoms. The van der Waals surface area contributed by atoms with Gasteiger partial charge >= 0.3 is 0 Å². The van der Waals surface area contributed by atoms with Crippen LogP contribution in [-0.4, -0.2) is 52.2 Å². The van der Waals surface area contributed by atoms with Gasteiger partial charge in [0.2, 0.25) is 0 Å². The van der Waals surface area contributed by atoms with Gasteiger partial charge in [-0.05, 0) is 123 Å². The standard InChI is InChI=1S/C42H60F2O5/c1-3-5-29-25-46-41(47-26-29)35-13-7-31(8-14-35)37-17-11-33(39(43)23-37)19-21-45-22-20-34-12-18-38(24-40(34)44)32-9-15-36(16-10-32)42-48-27-30(6-4-2)28-49-42/h11-12,17-18,23-24,29-32,35-36,41-42H,3-10,13-16,19-22,25-28H2,1-2H3. The van der Waals surface area contributed by atoms with E-state index in [2.05, 4.69) is 26.0 Å². The third-order valence-electron chi connectivity index (χ3n) is 11.8. The fourth-order valence-corrected chi connectivity index (χ4v) is 8.77. The summed E-state index contributed by atoms with van der Waals surface area (Å²) >= 11 is 0. The molecule has 6 rings (SSSR count). The molecule has 0 atom stereocenters. The topological polar surface area (TPSA) is 46.2 Å². The van der Waals surface area contributed by atoms with E-state index in [1.165, 1.54) is 12.8 Å². The zero-order valence-corrected chi connectivity index (χ0v) is 30.0. The number of benzene rings is 2. The van der Waals surface area contributed by atoms with Gasteiger partial charge in [0.05, 0.1) is 39.6 Å². The molecular weight excluding hydrogens is 622 g/mol. The molecule has 0 radical (unpaired) electrons. The molecule has 2 aromatic rings. The van der Waals surface area contributed by atoms with Crippen molar-refractivity contribution in [1.82, 2.24) is 0 Å². The highest BCUT2D eigenvalue weighted by Crippen LogP contribution is 2.41. The Bertz CT molecular complexity index is 1170. The van der Waals surface area contributed by atoms with Gasteiger partial charge in [0.1, 0.15) is 11.6 Å². The second kappa shape index (κ2) is 18.5. The predicted octanol–water partition coefficient (Wildman–Crippen LogP) is 9.89. The molecule has 272 valence electrons. The van der Waals surface area contributed by atoms with Crippen LogP contribution in [0.15, 0.2) is 36.4 Å². The monoisotopic (exact) mass is 682 g/mol. The van der Waals surface area contributed by atoms with Gasteiger partial charge in [0, 0.05) is 23.7 Å². The minimum absolute atomic E-state index is 0.0732. The van der Waals surface area contributed by atoms with Crippen molar-refractivity contribution in [2.75, 3.05) is 39.6 Å². The summed E-state index contributed by atoms with van der Waals surface area (Å²) in [7, 11) is 0. The minimum Gasteiger partial charge on any atom is -0.381 e. The SMILES string of the molecule is CCCC1COC(C2CCC(c3ccc(CCOCCc4ccc(C5CCC(C6OCC(CCC)CO6)CC5)cc4F)c(F)c3)CC2)OC1. The lowest BCUT2D eigenvalue weighted by molar-refractivity contribution is -0.229. The first-order chi connectivity index (χ1) is 24.0. The van der Waals surface area contributed by atoms with Crippen molar-refractivity contribution in [1.29, 1.82) is 0 Å². The summed E-state index contributed by atoms with van der Waals surface area (Å²) < 4.78 is 60.3. The minimum atomic E-state index is -0.154. The molecule has 0 N–H and O–H groups in total. The fraction of sp³-hybridized carbons (Fsp3) is 0.714. The first-order valence-corrected chi connectivity index (χ1v) is 19.6. The summed E-state index contributed by atoms with van der Waals surface area (Å²) in [6.07, 6.45) is 13.9. The Morgan fingerprint density at radius 3 is 1.31 bits per heavy atom. The van der Waals surface area contributed by atoms with Crippen LogP contribution in [0.1, 0.15) is 125 Å². The van der Waals surface area contributed by atoms with Crippen LogP contribution in [0.2, 0.25) is 0 Å². The van der Waals surface area contributed by atoms with Crippen LogP contribution in [0.3, 0.4) is 0 Å². The van der Waals surface area contributed by atoms with E-state index in [1.807, 2.05) is 12.1 Å². The molecule has 0 amide bonds. The molecular formula is C42H60F2O5. The van der Waals surface area contributed by atoms with Crippen LogP contribution in [0.25, 0.3) is 0 Å². The fourth-order valence-electron chi connectivity index (χ4n) is 8.77. The van der Waals surface area contributed by atoms with Gasteiger partial charge in [0.15, 0.2) is 12.6 Å². The van der Waals surface area contributed by atoms with E-state index in [0.29, 0.717) is 72.7 Å². The maximum atomic E-state index is 15.1. The van der Waals surface area contributed by atoms with Gasteiger partial charge in [-0.1, -0.05) is 51.0 Å².